The zero-order chi connectivity index (χ0) is 19.0. The van der Waals surface area contributed by atoms with Gasteiger partial charge in [-0.05, 0) is 12.5 Å². The van der Waals surface area contributed by atoms with E-state index < -0.39 is 5.91 Å². The van der Waals surface area contributed by atoms with Gasteiger partial charge >= 0.3 is 0 Å². The molecule has 4 rings (SSSR count). The number of primary amides is 1. The Morgan fingerprint density at radius 1 is 1.26 bits per heavy atom. The van der Waals surface area contributed by atoms with Crippen molar-refractivity contribution in [3.63, 3.8) is 0 Å². The Morgan fingerprint density at radius 2 is 2.04 bits per heavy atom. The molecule has 3 aromatic heterocycles. The first kappa shape index (κ1) is 16.8. The van der Waals surface area contributed by atoms with E-state index in [4.69, 9.17) is 5.73 Å². The van der Waals surface area contributed by atoms with Crippen LogP contribution in [-0.4, -0.2) is 37.8 Å². The fraction of sp³-hybridized carbons (Fsp3) is 0.158. The number of fused-ring (bicyclic) bond motifs is 1. The highest BCUT2D eigenvalue weighted by Gasteiger charge is 2.19. The molecule has 0 aliphatic carbocycles. The molecule has 0 saturated heterocycles. The Hall–Kier alpha value is -3.68. The monoisotopic (exact) mass is 361 g/mol. The van der Waals surface area contributed by atoms with Crippen LogP contribution >= 0.6 is 0 Å². The van der Waals surface area contributed by atoms with Crippen LogP contribution in [0.5, 0.6) is 0 Å². The maximum Gasteiger partial charge on any atom is 0.269 e. The number of carbonyl (C=O) groups is 1. The van der Waals surface area contributed by atoms with Crippen LogP contribution in [0.15, 0.2) is 54.9 Å². The van der Waals surface area contributed by atoms with Crippen LogP contribution in [0.4, 0.5) is 5.82 Å². The van der Waals surface area contributed by atoms with Gasteiger partial charge in [-0.15, -0.1) is 0 Å². The molecule has 136 valence electrons. The second-order valence-corrected chi connectivity index (χ2v) is 6.35. The molecule has 0 aliphatic rings. The van der Waals surface area contributed by atoms with Gasteiger partial charge in [-0.3, -0.25) is 9.89 Å². The average molecular weight is 361 g/mol. The van der Waals surface area contributed by atoms with E-state index >= 15 is 0 Å². The van der Waals surface area contributed by atoms with Crippen LogP contribution in [0.25, 0.3) is 16.9 Å². The van der Waals surface area contributed by atoms with Gasteiger partial charge in [-0.25, -0.2) is 9.50 Å². The van der Waals surface area contributed by atoms with Crippen LogP contribution in [0.2, 0.25) is 0 Å². The van der Waals surface area contributed by atoms with E-state index in [9.17, 15) is 4.79 Å². The average Bonchev–Trinajstić information content (AvgIpc) is 3.36. The van der Waals surface area contributed by atoms with Gasteiger partial charge in [-0.1, -0.05) is 30.3 Å². The largest absolute Gasteiger partial charge is 0.364 e. The molecule has 3 heterocycles. The first-order valence-corrected chi connectivity index (χ1v) is 8.52. The Balaban J connectivity index is 1.85. The highest BCUT2D eigenvalue weighted by atomic mass is 16.1. The predicted octanol–water partition coefficient (Wildman–Crippen LogP) is 2.42. The lowest BCUT2D eigenvalue weighted by Gasteiger charge is -2.27. The predicted molar refractivity (Wildman–Crippen MR) is 102 cm³/mol. The van der Waals surface area contributed by atoms with Crippen molar-refractivity contribution in [3.8, 4) is 11.3 Å². The SMILES string of the molecule is C[C@@H](c1ccccc1)N(C)c1cc(-c2cn[nH]c2)n2nc(C(N)=O)cc2n1. The summed E-state index contributed by atoms with van der Waals surface area (Å²) < 4.78 is 1.61. The summed E-state index contributed by atoms with van der Waals surface area (Å²) >= 11 is 0. The second kappa shape index (κ2) is 6.56. The molecule has 0 unspecified atom stereocenters. The third-order valence-electron chi connectivity index (χ3n) is 4.68. The molecule has 1 atom stereocenters. The standard InChI is InChI=1S/C19H19N7O/c1-12(13-6-4-3-5-7-13)25(2)17-9-16(14-10-21-22-11-14)26-18(23-17)8-15(24-26)19(20)27/h3-12H,1-2H3,(H2,20,27)(H,21,22)/t12-/m0/s1. The zero-order valence-corrected chi connectivity index (χ0v) is 15.0. The molecule has 0 saturated carbocycles. The third kappa shape index (κ3) is 3.01. The molecule has 0 radical (unpaired) electrons. The number of rotatable bonds is 5. The molecule has 0 fully saturated rings. The van der Waals surface area contributed by atoms with Gasteiger partial charge in [-0.2, -0.15) is 10.2 Å². The van der Waals surface area contributed by atoms with Crippen molar-refractivity contribution in [2.45, 2.75) is 13.0 Å². The number of nitrogens with two attached hydrogens (primary N) is 1. The minimum atomic E-state index is -0.591. The van der Waals surface area contributed by atoms with Crippen molar-refractivity contribution in [1.82, 2.24) is 24.8 Å². The number of carbonyl (C=O) groups excluding carboxylic acids is 1. The lowest BCUT2D eigenvalue weighted by Crippen LogP contribution is -2.23. The molecule has 0 aliphatic heterocycles. The molecule has 4 aromatic rings. The lowest BCUT2D eigenvalue weighted by atomic mass is 10.1. The van der Waals surface area contributed by atoms with Crippen molar-refractivity contribution >= 4 is 17.4 Å². The number of hydrogen-bond donors (Lipinski definition) is 2. The van der Waals surface area contributed by atoms with Crippen molar-refractivity contribution in [3.05, 3.63) is 66.1 Å². The van der Waals surface area contributed by atoms with Gasteiger partial charge in [0, 0.05) is 30.9 Å². The molecule has 27 heavy (non-hydrogen) atoms. The topological polar surface area (TPSA) is 105 Å². The summed E-state index contributed by atoms with van der Waals surface area (Å²) in [6, 6.07) is 13.8. The number of hydrogen-bond acceptors (Lipinski definition) is 5. The van der Waals surface area contributed by atoms with Crippen LogP contribution in [0.3, 0.4) is 0 Å². The summed E-state index contributed by atoms with van der Waals surface area (Å²) in [4.78, 5) is 18.3. The summed E-state index contributed by atoms with van der Waals surface area (Å²) in [5.41, 5.74) is 8.89. The normalized spacial score (nSPS) is 12.2. The van der Waals surface area contributed by atoms with Crippen molar-refractivity contribution in [2.75, 3.05) is 11.9 Å². The number of nitrogens with zero attached hydrogens (tertiary/aromatic N) is 5. The van der Waals surface area contributed by atoms with Gasteiger partial charge < -0.3 is 10.6 Å². The number of aromatic amines is 1. The van der Waals surface area contributed by atoms with Crippen LogP contribution < -0.4 is 10.6 Å². The molecule has 3 N–H and O–H groups in total. The number of anilines is 1. The minimum absolute atomic E-state index is 0.108. The van der Waals surface area contributed by atoms with Crippen LogP contribution in [-0.2, 0) is 0 Å². The summed E-state index contributed by atoms with van der Waals surface area (Å²) in [6.45, 7) is 2.12. The first-order chi connectivity index (χ1) is 13.0. The molecular weight excluding hydrogens is 342 g/mol. The number of nitrogens with one attached hydrogen (secondary N) is 1. The van der Waals surface area contributed by atoms with Gasteiger partial charge in [0.2, 0.25) is 0 Å². The van der Waals surface area contributed by atoms with Gasteiger partial charge in [0.15, 0.2) is 11.3 Å². The first-order valence-electron chi connectivity index (χ1n) is 8.52. The summed E-state index contributed by atoms with van der Waals surface area (Å²) in [6.07, 6.45) is 3.47. The number of aromatic nitrogens is 5. The van der Waals surface area contributed by atoms with Gasteiger partial charge in [0.25, 0.3) is 5.91 Å². The zero-order valence-electron chi connectivity index (χ0n) is 15.0. The molecule has 1 amide bonds. The lowest BCUT2D eigenvalue weighted by molar-refractivity contribution is 0.0995. The molecule has 8 nitrogen and oxygen atoms in total. The van der Waals surface area contributed by atoms with Crippen LogP contribution in [0, 0.1) is 0 Å². The van der Waals surface area contributed by atoms with E-state index in [0.29, 0.717) is 5.65 Å². The van der Waals surface area contributed by atoms with E-state index in [1.165, 1.54) is 5.56 Å². The van der Waals surface area contributed by atoms with E-state index in [2.05, 4.69) is 44.2 Å². The maximum absolute atomic E-state index is 11.6. The van der Waals surface area contributed by atoms with Gasteiger partial charge in [0.1, 0.15) is 5.82 Å². The molecular formula is C19H19N7O. The Bertz CT molecular complexity index is 1090. The molecule has 1 aromatic carbocycles. The fourth-order valence-corrected chi connectivity index (χ4v) is 3.01. The smallest absolute Gasteiger partial charge is 0.269 e. The number of H-pyrrole nitrogens is 1. The van der Waals surface area contributed by atoms with E-state index in [1.54, 1.807) is 23.0 Å². The highest BCUT2D eigenvalue weighted by molar-refractivity contribution is 5.92. The number of benzene rings is 1. The Kier molecular flexibility index (Phi) is 4.08. The van der Waals surface area contributed by atoms with Gasteiger partial charge in [0.05, 0.1) is 17.9 Å². The molecule has 8 heteroatoms. The van der Waals surface area contributed by atoms with Crippen molar-refractivity contribution < 1.29 is 4.79 Å². The van der Waals surface area contributed by atoms with E-state index in [0.717, 1.165) is 17.1 Å². The van der Waals surface area contributed by atoms with E-state index in [1.807, 2.05) is 31.3 Å². The number of amides is 1. The van der Waals surface area contributed by atoms with E-state index in [-0.39, 0.29) is 11.7 Å². The summed E-state index contributed by atoms with van der Waals surface area (Å²) in [7, 11) is 1.99. The third-order valence-corrected chi connectivity index (χ3v) is 4.68. The van der Waals surface area contributed by atoms with Crippen molar-refractivity contribution in [1.29, 1.82) is 0 Å². The minimum Gasteiger partial charge on any atom is -0.364 e. The molecule has 0 spiro atoms. The summed E-state index contributed by atoms with van der Waals surface area (Å²) in [5, 5.41) is 11.1. The quantitative estimate of drug-likeness (QED) is 0.568. The van der Waals surface area contributed by atoms with Crippen molar-refractivity contribution in [2.24, 2.45) is 5.73 Å². The Morgan fingerprint density at radius 3 is 2.70 bits per heavy atom. The fourth-order valence-electron chi connectivity index (χ4n) is 3.01. The maximum atomic E-state index is 11.6. The summed E-state index contributed by atoms with van der Waals surface area (Å²) in [5.74, 6) is 0.164. The Labute approximate surface area is 155 Å². The van der Waals surface area contributed by atoms with Crippen LogP contribution in [0.1, 0.15) is 29.0 Å². The highest BCUT2D eigenvalue weighted by Crippen LogP contribution is 2.28. The molecule has 0 bridgehead atoms. The second-order valence-electron chi connectivity index (χ2n) is 6.35.